The van der Waals surface area contributed by atoms with Crippen LogP contribution in [-0.2, 0) is 0 Å². The third-order valence-corrected chi connectivity index (χ3v) is 3.23. The minimum atomic E-state index is 0.540. The zero-order valence-electron chi connectivity index (χ0n) is 11.2. The smallest absolute Gasteiger partial charge is 0.0408 e. The second-order valence-corrected chi connectivity index (χ2v) is 5.39. The third kappa shape index (κ3) is 5.56. The molecule has 0 aliphatic carbocycles. The molecular weight excluding hydrogens is 230 g/mol. The second kappa shape index (κ2) is 7.73. The second-order valence-electron chi connectivity index (χ2n) is 4.96. The highest BCUT2D eigenvalue weighted by atomic mass is 35.5. The quantitative estimate of drug-likeness (QED) is 0.748. The number of nitrogens with one attached hydrogen (secondary N) is 1. The lowest BCUT2D eigenvalue weighted by Crippen LogP contribution is -2.28. The van der Waals surface area contributed by atoms with Crippen LogP contribution in [0.3, 0.4) is 0 Å². The van der Waals surface area contributed by atoms with Gasteiger partial charge in [-0.3, -0.25) is 0 Å². The Hall–Kier alpha value is -0.530. The molecule has 1 aromatic rings. The van der Waals surface area contributed by atoms with Gasteiger partial charge in [0, 0.05) is 17.6 Å². The Balaban J connectivity index is 2.67. The predicted molar refractivity (Wildman–Crippen MR) is 76.9 cm³/mol. The average molecular weight is 254 g/mol. The van der Waals surface area contributed by atoms with Crippen LogP contribution in [0.2, 0.25) is 5.02 Å². The first-order chi connectivity index (χ1) is 8.13. The van der Waals surface area contributed by atoms with Gasteiger partial charge in [-0.15, -0.1) is 0 Å². The molecule has 1 rings (SSSR count). The first kappa shape index (κ1) is 14.5. The summed E-state index contributed by atoms with van der Waals surface area (Å²) in [4.78, 5) is 0. The number of rotatable bonds is 7. The molecule has 0 fully saturated rings. The van der Waals surface area contributed by atoms with E-state index in [9.17, 15) is 0 Å². The van der Waals surface area contributed by atoms with Gasteiger partial charge >= 0.3 is 0 Å². The van der Waals surface area contributed by atoms with Crippen LogP contribution < -0.4 is 5.32 Å². The Kier molecular flexibility index (Phi) is 6.61. The highest BCUT2D eigenvalue weighted by molar-refractivity contribution is 6.30. The largest absolute Gasteiger partial charge is 0.314 e. The van der Waals surface area contributed by atoms with Gasteiger partial charge in [-0.25, -0.2) is 0 Å². The van der Waals surface area contributed by atoms with E-state index in [4.69, 9.17) is 11.6 Å². The molecule has 1 unspecified atom stereocenters. The van der Waals surface area contributed by atoms with Crippen LogP contribution >= 0.6 is 11.6 Å². The van der Waals surface area contributed by atoms with E-state index in [1.54, 1.807) is 0 Å². The Morgan fingerprint density at radius 3 is 2.65 bits per heavy atom. The van der Waals surface area contributed by atoms with Crippen LogP contribution in [0, 0.1) is 0 Å². The fourth-order valence-corrected chi connectivity index (χ4v) is 2.17. The van der Waals surface area contributed by atoms with Crippen LogP contribution in [0.5, 0.6) is 0 Å². The Labute approximate surface area is 111 Å². The molecule has 0 bridgehead atoms. The van der Waals surface area contributed by atoms with E-state index in [0.717, 1.165) is 11.6 Å². The maximum Gasteiger partial charge on any atom is 0.0408 e. The molecule has 0 amide bonds. The lowest BCUT2D eigenvalue weighted by molar-refractivity contribution is 0.495. The molecule has 0 aromatic heterocycles. The topological polar surface area (TPSA) is 12.0 Å². The summed E-state index contributed by atoms with van der Waals surface area (Å²) in [6, 6.07) is 8.82. The number of halogens is 1. The maximum absolute atomic E-state index is 6.07. The highest BCUT2D eigenvalue weighted by Crippen LogP contribution is 2.24. The molecule has 0 aliphatic heterocycles. The van der Waals surface area contributed by atoms with Crippen molar-refractivity contribution in [2.24, 2.45) is 0 Å². The van der Waals surface area contributed by atoms with Gasteiger partial charge in [0.1, 0.15) is 0 Å². The number of benzene rings is 1. The van der Waals surface area contributed by atoms with Gasteiger partial charge in [-0.05, 0) is 30.0 Å². The highest BCUT2D eigenvalue weighted by Gasteiger charge is 2.11. The molecule has 0 heterocycles. The number of hydrogen-bond acceptors (Lipinski definition) is 1. The van der Waals surface area contributed by atoms with Gasteiger partial charge in [0.05, 0.1) is 0 Å². The van der Waals surface area contributed by atoms with Crippen molar-refractivity contribution in [3.8, 4) is 0 Å². The van der Waals surface area contributed by atoms with E-state index < -0.39 is 0 Å². The molecule has 96 valence electrons. The molecule has 0 spiro atoms. The zero-order chi connectivity index (χ0) is 12.7. The van der Waals surface area contributed by atoms with E-state index in [1.165, 1.54) is 24.8 Å². The van der Waals surface area contributed by atoms with Gasteiger partial charge in [0.25, 0.3) is 0 Å². The Bertz CT molecular complexity index is 322. The van der Waals surface area contributed by atoms with Gasteiger partial charge in [-0.2, -0.15) is 0 Å². The van der Waals surface area contributed by atoms with E-state index >= 15 is 0 Å². The zero-order valence-corrected chi connectivity index (χ0v) is 11.9. The molecule has 0 saturated carbocycles. The van der Waals surface area contributed by atoms with Crippen molar-refractivity contribution >= 4 is 11.6 Å². The van der Waals surface area contributed by atoms with Crippen molar-refractivity contribution in [2.75, 3.05) is 6.54 Å². The van der Waals surface area contributed by atoms with Crippen LogP contribution in [0.15, 0.2) is 24.3 Å². The summed E-state index contributed by atoms with van der Waals surface area (Å²) in [5.41, 5.74) is 1.36. The van der Waals surface area contributed by atoms with Crippen molar-refractivity contribution in [2.45, 2.75) is 52.0 Å². The minimum absolute atomic E-state index is 0.540. The van der Waals surface area contributed by atoms with E-state index in [0.29, 0.717) is 12.0 Å². The fraction of sp³-hybridized carbons (Fsp3) is 0.600. The molecule has 0 radical (unpaired) electrons. The summed E-state index contributed by atoms with van der Waals surface area (Å²) in [6.07, 6.45) is 3.76. The molecular formula is C15H24ClN. The first-order valence-electron chi connectivity index (χ1n) is 6.62. The SMILES string of the molecule is CCCCC(CNC(C)C)c1cccc(Cl)c1. The molecule has 1 aromatic carbocycles. The summed E-state index contributed by atoms with van der Waals surface area (Å²) < 4.78 is 0. The van der Waals surface area contributed by atoms with Crippen LogP contribution in [0.4, 0.5) is 0 Å². The molecule has 1 nitrogen and oxygen atoms in total. The summed E-state index contributed by atoms with van der Waals surface area (Å²) >= 11 is 6.07. The lowest BCUT2D eigenvalue weighted by atomic mass is 9.93. The molecule has 17 heavy (non-hydrogen) atoms. The molecule has 2 heteroatoms. The summed E-state index contributed by atoms with van der Waals surface area (Å²) in [7, 11) is 0. The lowest BCUT2D eigenvalue weighted by Gasteiger charge is -2.19. The van der Waals surface area contributed by atoms with Gasteiger partial charge in [-0.1, -0.05) is 57.3 Å². The van der Waals surface area contributed by atoms with Crippen LogP contribution in [0.1, 0.15) is 51.5 Å². The van der Waals surface area contributed by atoms with Crippen LogP contribution in [-0.4, -0.2) is 12.6 Å². The van der Waals surface area contributed by atoms with Crippen LogP contribution in [0.25, 0.3) is 0 Å². The summed E-state index contributed by atoms with van der Waals surface area (Å²) in [5.74, 6) is 0.580. The number of hydrogen-bond donors (Lipinski definition) is 1. The van der Waals surface area contributed by atoms with Crippen molar-refractivity contribution in [3.05, 3.63) is 34.9 Å². The van der Waals surface area contributed by atoms with E-state index in [-0.39, 0.29) is 0 Å². The van der Waals surface area contributed by atoms with Crippen molar-refractivity contribution in [3.63, 3.8) is 0 Å². The summed E-state index contributed by atoms with van der Waals surface area (Å²) in [5, 5.41) is 4.37. The van der Waals surface area contributed by atoms with Gasteiger partial charge in [0.15, 0.2) is 0 Å². The van der Waals surface area contributed by atoms with Crippen molar-refractivity contribution < 1.29 is 0 Å². The normalized spacial score (nSPS) is 13.0. The van der Waals surface area contributed by atoms with Crippen molar-refractivity contribution in [1.29, 1.82) is 0 Å². The monoisotopic (exact) mass is 253 g/mol. The first-order valence-corrected chi connectivity index (χ1v) is 7.00. The third-order valence-electron chi connectivity index (χ3n) is 3.00. The Morgan fingerprint density at radius 2 is 2.06 bits per heavy atom. The average Bonchev–Trinajstić information content (AvgIpc) is 2.29. The van der Waals surface area contributed by atoms with Gasteiger partial charge < -0.3 is 5.32 Å². The fourth-order valence-electron chi connectivity index (χ4n) is 1.98. The van der Waals surface area contributed by atoms with Crippen molar-refractivity contribution in [1.82, 2.24) is 5.32 Å². The molecule has 0 aliphatic rings. The molecule has 0 saturated heterocycles. The predicted octanol–water partition coefficient (Wildman–Crippen LogP) is 4.61. The number of unbranched alkanes of at least 4 members (excludes halogenated alkanes) is 1. The Morgan fingerprint density at radius 1 is 1.29 bits per heavy atom. The maximum atomic E-state index is 6.07. The molecule has 1 atom stereocenters. The molecule has 1 N–H and O–H groups in total. The minimum Gasteiger partial charge on any atom is -0.314 e. The standard InChI is InChI=1S/C15H24ClN/c1-4-5-7-14(11-17-12(2)3)13-8-6-9-15(16)10-13/h6,8-10,12,14,17H,4-5,7,11H2,1-3H3. The van der Waals surface area contributed by atoms with E-state index in [2.05, 4.69) is 38.2 Å². The summed E-state index contributed by atoms with van der Waals surface area (Å²) in [6.45, 7) is 7.66. The van der Waals surface area contributed by atoms with Gasteiger partial charge in [0.2, 0.25) is 0 Å². The van der Waals surface area contributed by atoms with E-state index in [1.807, 2.05) is 12.1 Å².